The number of rotatable bonds is 6. The van der Waals surface area contributed by atoms with E-state index in [0.717, 1.165) is 37.2 Å². The molecule has 0 spiro atoms. The molecule has 0 aliphatic carbocycles. The zero-order chi connectivity index (χ0) is 22.3. The minimum atomic E-state index is -0.514. The number of nitrogens with one attached hydrogen (secondary N) is 3. The van der Waals surface area contributed by atoms with Gasteiger partial charge in [0, 0.05) is 36.7 Å². The van der Waals surface area contributed by atoms with E-state index in [0.29, 0.717) is 23.5 Å². The van der Waals surface area contributed by atoms with Crippen LogP contribution in [0.5, 0.6) is 0 Å². The molecule has 4 rings (SSSR count). The number of halogens is 1. The number of hydrogen-bond acceptors (Lipinski definition) is 3. The van der Waals surface area contributed by atoms with Gasteiger partial charge in [-0.25, -0.2) is 9.18 Å². The van der Waals surface area contributed by atoms with E-state index in [2.05, 4.69) is 20.9 Å². The lowest BCUT2D eigenvalue weighted by molar-refractivity contribution is 0.0951. The van der Waals surface area contributed by atoms with Gasteiger partial charge in [0.15, 0.2) is 0 Å². The fraction of sp³-hybridized carbons (Fsp3) is 0.200. The number of anilines is 3. The van der Waals surface area contributed by atoms with Crippen LogP contribution in [0.15, 0.2) is 72.8 Å². The maximum Gasteiger partial charge on any atom is 0.323 e. The topological polar surface area (TPSA) is 73.5 Å². The Bertz CT molecular complexity index is 1100. The van der Waals surface area contributed by atoms with E-state index in [1.54, 1.807) is 18.2 Å². The quantitative estimate of drug-likeness (QED) is 0.513. The second-order valence-corrected chi connectivity index (χ2v) is 7.68. The highest BCUT2D eigenvalue weighted by Crippen LogP contribution is 2.28. The van der Waals surface area contributed by atoms with E-state index >= 15 is 0 Å². The number of carbonyl (C=O) groups excluding carboxylic acids is 2. The Kier molecular flexibility index (Phi) is 6.65. The van der Waals surface area contributed by atoms with Gasteiger partial charge in [-0.1, -0.05) is 36.4 Å². The second-order valence-electron chi connectivity index (χ2n) is 7.68. The number of urea groups is 1. The van der Waals surface area contributed by atoms with Crippen molar-refractivity contribution in [2.45, 2.75) is 19.4 Å². The maximum atomic E-state index is 13.4. The minimum absolute atomic E-state index is 0.204. The summed E-state index contributed by atoms with van der Waals surface area (Å²) in [5, 5.41) is 8.29. The Hall–Kier alpha value is -3.87. The van der Waals surface area contributed by atoms with Crippen molar-refractivity contribution in [3.63, 3.8) is 0 Å². The predicted molar refractivity (Wildman–Crippen MR) is 125 cm³/mol. The summed E-state index contributed by atoms with van der Waals surface area (Å²) >= 11 is 0. The Morgan fingerprint density at radius 1 is 0.844 bits per heavy atom. The van der Waals surface area contributed by atoms with Gasteiger partial charge in [-0.15, -0.1) is 0 Å². The first kappa shape index (κ1) is 21.4. The number of amides is 3. The third-order valence-electron chi connectivity index (χ3n) is 5.32. The molecule has 3 aromatic rings. The average Bonchev–Trinajstić information content (AvgIpc) is 3.33. The van der Waals surface area contributed by atoms with Gasteiger partial charge in [-0.2, -0.15) is 0 Å². The molecule has 0 saturated carbocycles. The number of carbonyl (C=O) groups is 2. The molecule has 1 aliphatic heterocycles. The minimum Gasteiger partial charge on any atom is -0.371 e. The molecule has 0 atom stereocenters. The molecule has 6 nitrogen and oxygen atoms in total. The third-order valence-corrected chi connectivity index (χ3v) is 5.32. The van der Waals surface area contributed by atoms with Crippen molar-refractivity contribution >= 4 is 29.0 Å². The summed E-state index contributed by atoms with van der Waals surface area (Å²) in [7, 11) is 0. The van der Waals surface area contributed by atoms with Crippen molar-refractivity contribution in [2.24, 2.45) is 0 Å². The Labute approximate surface area is 186 Å². The van der Waals surface area contributed by atoms with Gasteiger partial charge in [0.1, 0.15) is 5.82 Å². The summed E-state index contributed by atoms with van der Waals surface area (Å²) in [4.78, 5) is 27.6. The van der Waals surface area contributed by atoms with Crippen LogP contribution in [0.25, 0.3) is 0 Å². The largest absolute Gasteiger partial charge is 0.371 e. The SMILES string of the molecule is O=C(Nc1cccc(F)c1)Nc1ccc(N2CCCC2)c(C(=O)NCc2ccccc2)c1. The van der Waals surface area contributed by atoms with Crippen molar-refractivity contribution in [3.8, 4) is 0 Å². The lowest BCUT2D eigenvalue weighted by Gasteiger charge is -2.22. The van der Waals surface area contributed by atoms with Gasteiger partial charge in [-0.3, -0.25) is 4.79 Å². The molecule has 3 amide bonds. The second kappa shape index (κ2) is 9.96. The maximum absolute atomic E-state index is 13.4. The molecule has 32 heavy (non-hydrogen) atoms. The van der Waals surface area contributed by atoms with Crippen LogP contribution in [0.1, 0.15) is 28.8 Å². The van der Waals surface area contributed by atoms with Crippen LogP contribution in [-0.2, 0) is 6.54 Å². The van der Waals surface area contributed by atoms with Gasteiger partial charge >= 0.3 is 6.03 Å². The molecule has 0 unspecified atom stereocenters. The van der Waals surface area contributed by atoms with E-state index in [9.17, 15) is 14.0 Å². The molecule has 164 valence electrons. The van der Waals surface area contributed by atoms with Crippen LogP contribution in [0.3, 0.4) is 0 Å². The first-order valence-electron chi connectivity index (χ1n) is 10.6. The van der Waals surface area contributed by atoms with Crippen molar-refractivity contribution in [2.75, 3.05) is 28.6 Å². The molecule has 1 fully saturated rings. The van der Waals surface area contributed by atoms with Crippen molar-refractivity contribution in [1.29, 1.82) is 0 Å². The molecular formula is C25H25FN4O2. The molecule has 0 aromatic heterocycles. The van der Waals surface area contributed by atoms with Crippen LogP contribution in [-0.4, -0.2) is 25.0 Å². The standard InChI is InChI=1S/C25H25FN4O2/c26-19-9-6-10-20(15-19)28-25(32)29-21-11-12-23(30-13-4-5-14-30)22(16-21)24(31)27-17-18-7-2-1-3-8-18/h1-3,6-12,15-16H,4-5,13-14,17H2,(H,27,31)(H2,28,29,32). The van der Waals surface area contributed by atoms with Crippen LogP contribution in [0, 0.1) is 5.82 Å². The first-order valence-corrected chi connectivity index (χ1v) is 10.6. The molecule has 1 heterocycles. The van der Waals surface area contributed by atoms with Crippen molar-refractivity contribution < 1.29 is 14.0 Å². The molecule has 3 aromatic carbocycles. The monoisotopic (exact) mass is 432 g/mol. The van der Waals surface area contributed by atoms with Crippen LogP contribution in [0.2, 0.25) is 0 Å². The van der Waals surface area contributed by atoms with E-state index in [1.165, 1.54) is 18.2 Å². The summed E-state index contributed by atoms with van der Waals surface area (Å²) in [5.74, 6) is -0.639. The van der Waals surface area contributed by atoms with Gasteiger partial charge in [0.2, 0.25) is 0 Å². The lowest BCUT2D eigenvalue weighted by atomic mass is 10.1. The summed E-state index contributed by atoms with van der Waals surface area (Å²) in [6.07, 6.45) is 2.17. The lowest BCUT2D eigenvalue weighted by Crippen LogP contribution is -2.27. The van der Waals surface area contributed by atoms with E-state index < -0.39 is 11.8 Å². The van der Waals surface area contributed by atoms with Gasteiger partial charge < -0.3 is 20.9 Å². The van der Waals surface area contributed by atoms with Crippen LogP contribution < -0.4 is 20.9 Å². The fourth-order valence-electron chi connectivity index (χ4n) is 3.76. The van der Waals surface area contributed by atoms with E-state index in [1.807, 2.05) is 36.4 Å². The number of hydrogen-bond donors (Lipinski definition) is 3. The normalized spacial score (nSPS) is 13.0. The fourth-order valence-corrected chi connectivity index (χ4v) is 3.76. The van der Waals surface area contributed by atoms with E-state index in [4.69, 9.17) is 0 Å². The van der Waals surface area contributed by atoms with Crippen molar-refractivity contribution in [1.82, 2.24) is 5.32 Å². The molecule has 0 radical (unpaired) electrons. The zero-order valence-electron chi connectivity index (χ0n) is 17.6. The molecule has 1 saturated heterocycles. The number of benzene rings is 3. The van der Waals surface area contributed by atoms with E-state index in [-0.39, 0.29) is 5.91 Å². The van der Waals surface area contributed by atoms with Crippen LogP contribution in [0.4, 0.5) is 26.2 Å². The van der Waals surface area contributed by atoms with Gasteiger partial charge in [0.05, 0.1) is 5.56 Å². The highest BCUT2D eigenvalue weighted by Gasteiger charge is 2.20. The summed E-state index contributed by atoms with van der Waals surface area (Å²) in [6, 6.07) is 20.2. The smallest absolute Gasteiger partial charge is 0.323 e. The summed E-state index contributed by atoms with van der Waals surface area (Å²) in [6.45, 7) is 2.20. The Morgan fingerprint density at radius 2 is 1.56 bits per heavy atom. The van der Waals surface area contributed by atoms with Gasteiger partial charge in [-0.05, 0) is 54.8 Å². The molecule has 3 N–H and O–H groups in total. The highest BCUT2D eigenvalue weighted by atomic mass is 19.1. The molecule has 0 bridgehead atoms. The highest BCUT2D eigenvalue weighted by molar-refractivity contribution is 6.04. The predicted octanol–water partition coefficient (Wildman–Crippen LogP) is 5.00. The molecule has 7 heteroatoms. The zero-order valence-corrected chi connectivity index (χ0v) is 17.6. The number of nitrogens with zero attached hydrogens (tertiary/aromatic N) is 1. The van der Waals surface area contributed by atoms with Crippen molar-refractivity contribution in [3.05, 3.63) is 89.7 Å². The van der Waals surface area contributed by atoms with Gasteiger partial charge in [0.25, 0.3) is 5.91 Å². The Morgan fingerprint density at radius 3 is 2.28 bits per heavy atom. The average molecular weight is 432 g/mol. The van der Waals surface area contributed by atoms with Crippen LogP contribution >= 0.6 is 0 Å². The summed E-state index contributed by atoms with van der Waals surface area (Å²) < 4.78 is 13.4. The molecule has 1 aliphatic rings. The molecular weight excluding hydrogens is 407 g/mol. The third kappa shape index (κ3) is 5.43. The Balaban J connectivity index is 1.50. The first-order chi connectivity index (χ1) is 15.6. The summed E-state index contributed by atoms with van der Waals surface area (Å²) in [5.41, 5.74) is 3.19.